The fourth-order valence-electron chi connectivity index (χ4n) is 4.17. The van der Waals surface area contributed by atoms with Crippen LogP contribution >= 0.6 is 0 Å². The molecule has 0 radical (unpaired) electrons. The number of hydrogen-bond acceptors (Lipinski definition) is 5. The van der Waals surface area contributed by atoms with Crippen LogP contribution in [0.5, 0.6) is 0 Å². The fourth-order valence-corrected chi connectivity index (χ4v) is 5.24. The summed E-state index contributed by atoms with van der Waals surface area (Å²) in [7, 11) is 0.398. The summed E-state index contributed by atoms with van der Waals surface area (Å²) in [6.07, 6.45) is 1.19. The van der Waals surface area contributed by atoms with Crippen LogP contribution in [0.4, 0.5) is 0 Å². The number of carbonyl (C=O) groups is 2. The van der Waals surface area contributed by atoms with Crippen molar-refractivity contribution in [2.75, 3.05) is 46.8 Å². The monoisotopic (exact) mass is 466 g/mol. The summed E-state index contributed by atoms with van der Waals surface area (Å²) >= 11 is 0. The second-order valence-corrected chi connectivity index (χ2v) is 11.4. The van der Waals surface area contributed by atoms with E-state index >= 15 is 0 Å². The van der Waals surface area contributed by atoms with Crippen LogP contribution in [0.15, 0.2) is 23.1 Å². The number of likely N-dealkylation sites (tertiary alicyclic amines) is 1. The number of sulfonamides is 1. The van der Waals surface area contributed by atoms with Crippen molar-refractivity contribution in [1.82, 2.24) is 19.8 Å². The number of hydrogen-bond donors (Lipinski definition) is 2. The molecule has 0 aliphatic carbocycles. The Labute approximate surface area is 192 Å². The number of nitrogens with one attached hydrogen (secondary N) is 2. The predicted octanol–water partition coefficient (Wildman–Crippen LogP) is 1.85. The Bertz CT molecular complexity index is 920. The van der Waals surface area contributed by atoms with E-state index in [-0.39, 0.29) is 34.6 Å². The molecule has 1 fully saturated rings. The van der Waals surface area contributed by atoms with Crippen molar-refractivity contribution in [2.45, 2.75) is 45.4 Å². The number of benzene rings is 1. The van der Waals surface area contributed by atoms with Gasteiger partial charge < -0.3 is 15.1 Å². The lowest BCUT2D eigenvalue weighted by Gasteiger charge is -2.33. The Morgan fingerprint density at radius 3 is 2.38 bits per heavy atom. The van der Waals surface area contributed by atoms with Crippen LogP contribution in [0.3, 0.4) is 0 Å². The quantitative estimate of drug-likeness (QED) is 0.579. The highest BCUT2D eigenvalue weighted by Crippen LogP contribution is 2.23. The largest absolute Gasteiger partial charge is 0.355 e. The van der Waals surface area contributed by atoms with Gasteiger partial charge in [0.1, 0.15) is 0 Å². The summed E-state index contributed by atoms with van der Waals surface area (Å²) in [5, 5.41) is 3.08. The van der Waals surface area contributed by atoms with Crippen molar-refractivity contribution in [1.29, 1.82) is 0 Å². The van der Waals surface area contributed by atoms with Gasteiger partial charge in [0, 0.05) is 44.2 Å². The average Bonchev–Trinajstić information content (AvgIpc) is 2.71. The van der Waals surface area contributed by atoms with Gasteiger partial charge in [0.25, 0.3) is 5.91 Å². The molecule has 0 unspecified atom stereocenters. The zero-order valence-electron chi connectivity index (χ0n) is 20.2. The SMILES string of the molecule is CCNS(=O)(=O)c1ccc(C)c(C(=O)N2CCC(C(=O)NCC(C)(C)CN(C)C)CC2)c1. The molecule has 9 heteroatoms. The summed E-state index contributed by atoms with van der Waals surface area (Å²) in [5.41, 5.74) is 1.09. The third kappa shape index (κ3) is 7.02. The summed E-state index contributed by atoms with van der Waals surface area (Å²) in [5.74, 6) is -0.267. The average molecular weight is 467 g/mol. The maximum Gasteiger partial charge on any atom is 0.254 e. The second kappa shape index (κ2) is 10.8. The van der Waals surface area contributed by atoms with E-state index in [2.05, 4.69) is 28.8 Å². The van der Waals surface area contributed by atoms with Gasteiger partial charge in [-0.1, -0.05) is 26.8 Å². The maximum absolute atomic E-state index is 13.1. The third-order valence-electron chi connectivity index (χ3n) is 5.72. The first-order chi connectivity index (χ1) is 14.9. The van der Waals surface area contributed by atoms with Crippen LogP contribution in [0.25, 0.3) is 0 Å². The molecular formula is C23H38N4O4S. The van der Waals surface area contributed by atoms with Crippen LogP contribution in [-0.4, -0.2) is 76.9 Å². The molecule has 0 aromatic heterocycles. The van der Waals surface area contributed by atoms with Crippen molar-refractivity contribution in [3.8, 4) is 0 Å². The van der Waals surface area contributed by atoms with Gasteiger partial charge in [-0.25, -0.2) is 13.1 Å². The van der Waals surface area contributed by atoms with E-state index in [1.165, 1.54) is 12.1 Å². The molecule has 1 aromatic carbocycles. The molecule has 0 saturated carbocycles. The molecule has 0 atom stereocenters. The van der Waals surface area contributed by atoms with Crippen LogP contribution in [-0.2, 0) is 14.8 Å². The lowest BCUT2D eigenvalue weighted by atomic mass is 9.91. The molecule has 2 N–H and O–H groups in total. The molecule has 2 rings (SSSR count). The Kier molecular flexibility index (Phi) is 8.84. The zero-order valence-corrected chi connectivity index (χ0v) is 21.0. The molecule has 0 spiro atoms. The summed E-state index contributed by atoms with van der Waals surface area (Å²) in [4.78, 5) is 29.7. The number of piperidine rings is 1. The van der Waals surface area contributed by atoms with Crippen LogP contribution in [0.1, 0.15) is 49.5 Å². The first kappa shape index (κ1) is 26.3. The van der Waals surface area contributed by atoms with Crippen LogP contribution < -0.4 is 10.0 Å². The van der Waals surface area contributed by atoms with Gasteiger partial charge >= 0.3 is 0 Å². The van der Waals surface area contributed by atoms with E-state index in [4.69, 9.17) is 0 Å². The number of aryl methyl sites for hydroxylation is 1. The highest BCUT2D eigenvalue weighted by atomic mass is 32.2. The minimum Gasteiger partial charge on any atom is -0.355 e. The van der Waals surface area contributed by atoms with Gasteiger partial charge in [-0.05, 0) is 57.0 Å². The van der Waals surface area contributed by atoms with Crippen molar-refractivity contribution in [3.63, 3.8) is 0 Å². The molecule has 32 heavy (non-hydrogen) atoms. The summed E-state index contributed by atoms with van der Waals surface area (Å²) in [6, 6.07) is 4.62. The summed E-state index contributed by atoms with van der Waals surface area (Å²) in [6.45, 7) is 10.5. The lowest BCUT2D eigenvalue weighted by Crippen LogP contribution is -2.46. The normalized spacial score (nSPS) is 15.8. The highest BCUT2D eigenvalue weighted by Gasteiger charge is 2.30. The zero-order chi connectivity index (χ0) is 24.1. The number of carbonyl (C=O) groups excluding carboxylic acids is 2. The molecule has 1 aromatic rings. The molecule has 0 bridgehead atoms. The Morgan fingerprint density at radius 2 is 1.81 bits per heavy atom. The maximum atomic E-state index is 13.1. The van der Waals surface area contributed by atoms with Gasteiger partial charge in [0.15, 0.2) is 0 Å². The third-order valence-corrected chi connectivity index (χ3v) is 7.27. The smallest absolute Gasteiger partial charge is 0.254 e. The minimum atomic E-state index is -3.64. The van der Waals surface area contributed by atoms with Gasteiger partial charge in [0.05, 0.1) is 4.90 Å². The van der Waals surface area contributed by atoms with Crippen molar-refractivity contribution < 1.29 is 18.0 Å². The van der Waals surface area contributed by atoms with Crippen molar-refractivity contribution in [2.24, 2.45) is 11.3 Å². The van der Waals surface area contributed by atoms with Gasteiger partial charge in [-0.2, -0.15) is 0 Å². The Balaban J connectivity index is 1.99. The van der Waals surface area contributed by atoms with Gasteiger partial charge in [-0.15, -0.1) is 0 Å². The van der Waals surface area contributed by atoms with E-state index in [0.717, 1.165) is 12.1 Å². The fraction of sp³-hybridized carbons (Fsp3) is 0.652. The second-order valence-electron chi connectivity index (χ2n) is 9.66. The first-order valence-electron chi connectivity index (χ1n) is 11.2. The predicted molar refractivity (Wildman–Crippen MR) is 126 cm³/mol. The minimum absolute atomic E-state index is 0.0225. The standard InChI is InChI=1S/C23H38N4O4S/c1-7-25-32(30,31)19-9-8-17(2)20(14-19)22(29)27-12-10-18(11-13-27)21(28)24-15-23(3,4)16-26(5)6/h8-9,14,18,25H,7,10-13,15-16H2,1-6H3,(H,24,28). The van der Waals surface area contributed by atoms with Crippen molar-refractivity contribution in [3.05, 3.63) is 29.3 Å². The van der Waals surface area contributed by atoms with E-state index < -0.39 is 10.0 Å². The molecule has 180 valence electrons. The van der Waals surface area contributed by atoms with Crippen molar-refractivity contribution >= 4 is 21.8 Å². The molecule has 1 saturated heterocycles. The summed E-state index contributed by atoms with van der Waals surface area (Å²) < 4.78 is 27.1. The van der Waals surface area contributed by atoms with Gasteiger partial charge in [0.2, 0.25) is 15.9 Å². The lowest BCUT2D eigenvalue weighted by molar-refractivity contribution is -0.126. The Hall–Kier alpha value is -1.97. The Morgan fingerprint density at radius 1 is 1.19 bits per heavy atom. The number of rotatable bonds is 9. The molecule has 1 aliphatic heterocycles. The van der Waals surface area contributed by atoms with E-state index in [0.29, 0.717) is 38.0 Å². The number of amides is 2. The highest BCUT2D eigenvalue weighted by molar-refractivity contribution is 7.89. The molecular weight excluding hydrogens is 428 g/mol. The van der Waals surface area contributed by atoms with E-state index in [9.17, 15) is 18.0 Å². The molecule has 1 aliphatic rings. The molecule has 1 heterocycles. The van der Waals surface area contributed by atoms with Crippen LogP contribution in [0.2, 0.25) is 0 Å². The molecule has 2 amide bonds. The topological polar surface area (TPSA) is 98.8 Å². The van der Waals surface area contributed by atoms with E-state index in [1.807, 2.05) is 14.1 Å². The number of nitrogens with zero attached hydrogens (tertiary/aromatic N) is 2. The van der Waals surface area contributed by atoms with Crippen LogP contribution in [0, 0.1) is 18.3 Å². The van der Waals surface area contributed by atoms with Gasteiger partial charge in [-0.3, -0.25) is 9.59 Å². The molecule has 8 nitrogen and oxygen atoms in total. The van der Waals surface area contributed by atoms with E-state index in [1.54, 1.807) is 24.8 Å². The first-order valence-corrected chi connectivity index (χ1v) is 12.7.